The Kier molecular flexibility index (Phi) is 4.92. The van der Waals surface area contributed by atoms with Gasteiger partial charge in [0.15, 0.2) is 11.6 Å². The predicted molar refractivity (Wildman–Crippen MR) is 102 cm³/mol. The number of benzene rings is 2. The first-order chi connectivity index (χ1) is 13.0. The molecule has 2 aromatic rings. The Morgan fingerprint density at radius 2 is 1.78 bits per heavy atom. The minimum Gasteiger partial charge on any atom is -0.478 e. The van der Waals surface area contributed by atoms with E-state index in [2.05, 4.69) is 6.92 Å². The van der Waals surface area contributed by atoms with Crippen LogP contribution < -0.4 is 0 Å². The SMILES string of the molecule is CCC1CCC2CC(c3cc4ccc(C(=O)O)cc4c(F)c3F)CCC2C1. The molecule has 0 radical (unpaired) electrons. The molecule has 4 atom stereocenters. The van der Waals surface area contributed by atoms with E-state index in [1.165, 1.54) is 37.8 Å². The average Bonchev–Trinajstić information content (AvgIpc) is 2.69. The largest absolute Gasteiger partial charge is 0.478 e. The zero-order valence-electron chi connectivity index (χ0n) is 15.7. The monoisotopic (exact) mass is 372 g/mol. The maximum atomic E-state index is 14.9. The summed E-state index contributed by atoms with van der Waals surface area (Å²) in [7, 11) is 0. The Morgan fingerprint density at radius 1 is 1.04 bits per heavy atom. The van der Waals surface area contributed by atoms with Gasteiger partial charge in [0.1, 0.15) is 0 Å². The van der Waals surface area contributed by atoms with E-state index in [1.54, 1.807) is 12.1 Å². The normalized spacial score (nSPS) is 28.1. The number of hydrogen-bond acceptors (Lipinski definition) is 1. The molecule has 0 heterocycles. The smallest absolute Gasteiger partial charge is 0.335 e. The van der Waals surface area contributed by atoms with Crippen molar-refractivity contribution in [2.24, 2.45) is 17.8 Å². The molecule has 0 bridgehead atoms. The Hall–Kier alpha value is -1.97. The van der Waals surface area contributed by atoms with Crippen LogP contribution in [0.5, 0.6) is 0 Å². The van der Waals surface area contributed by atoms with Gasteiger partial charge in [0.2, 0.25) is 0 Å². The lowest BCUT2D eigenvalue weighted by molar-refractivity contribution is 0.0697. The lowest BCUT2D eigenvalue weighted by Gasteiger charge is -2.42. The van der Waals surface area contributed by atoms with Gasteiger partial charge in [-0.2, -0.15) is 0 Å². The van der Waals surface area contributed by atoms with E-state index in [1.807, 2.05) is 0 Å². The highest BCUT2D eigenvalue weighted by atomic mass is 19.2. The summed E-state index contributed by atoms with van der Waals surface area (Å²) >= 11 is 0. The van der Waals surface area contributed by atoms with Crippen LogP contribution in [-0.2, 0) is 0 Å². The molecule has 1 N–H and O–H groups in total. The van der Waals surface area contributed by atoms with Gasteiger partial charge < -0.3 is 5.11 Å². The second-order valence-electron chi connectivity index (χ2n) is 8.45. The second kappa shape index (κ2) is 7.21. The Bertz CT molecular complexity index is 876. The average molecular weight is 372 g/mol. The van der Waals surface area contributed by atoms with Crippen molar-refractivity contribution in [2.75, 3.05) is 0 Å². The van der Waals surface area contributed by atoms with Gasteiger partial charge in [0.25, 0.3) is 0 Å². The van der Waals surface area contributed by atoms with Gasteiger partial charge in [0, 0.05) is 5.39 Å². The van der Waals surface area contributed by atoms with Crippen LogP contribution in [0.4, 0.5) is 8.78 Å². The predicted octanol–water partition coefficient (Wildman–Crippen LogP) is 6.53. The standard InChI is InChI=1S/C23H26F2O2/c1-2-13-3-4-15-10-16(6-5-14(15)9-13)19-11-17-7-8-18(23(26)27)12-20(17)22(25)21(19)24/h7-8,11-16H,2-6,9-10H2,1H3,(H,26,27). The molecular weight excluding hydrogens is 346 g/mol. The van der Waals surface area contributed by atoms with E-state index in [0.717, 1.165) is 31.1 Å². The Labute approximate surface area is 158 Å². The fraction of sp³-hybridized carbons (Fsp3) is 0.522. The zero-order valence-corrected chi connectivity index (χ0v) is 15.7. The first-order valence-corrected chi connectivity index (χ1v) is 10.1. The molecule has 0 aliphatic heterocycles. The number of aromatic carboxylic acids is 1. The highest BCUT2D eigenvalue weighted by molar-refractivity contribution is 5.94. The van der Waals surface area contributed by atoms with Gasteiger partial charge in [-0.1, -0.05) is 25.8 Å². The highest BCUT2D eigenvalue weighted by Crippen LogP contribution is 2.49. The summed E-state index contributed by atoms with van der Waals surface area (Å²) < 4.78 is 29.6. The molecule has 2 nitrogen and oxygen atoms in total. The lowest BCUT2D eigenvalue weighted by atomic mass is 9.63. The maximum absolute atomic E-state index is 14.9. The highest BCUT2D eigenvalue weighted by Gasteiger charge is 2.36. The Morgan fingerprint density at radius 3 is 2.52 bits per heavy atom. The molecule has 0 saturated heterocycles. The van der Waals surface area contributed by atoms with Gasteiger partial charge in [-0.3, -0.25) is 0 Å². The van der Waals surface area contributed by atoms with Gasteiger partial charge in [-0.05, 0) is 84.9 Å². The van der Waals surface area contributed by atoms with Crippen LogP contribution in [-0.4, -0.2) is 11.1 Å². The molecule has 4 heteroatoms. The topological polar surface area (TPSA) is 37.3 Å². The summed E-state index contributed by atoms with van der Waals surface area (Å²) in [6.07, 6.45) is 7.96. The summed E-state index contributed by atoms with van der Waals surface area (Å²) in [5.41, 5.74) is 0.445. The van der Waals surface area contributed by atoms with Crippen molar-refractivity contribution < 1.29 is 18.7 Å². The van der Waals surface area contributed by atoms with Crippen LogP contribution in [0.1, 0.15) is 73.7 Å². The van der Waals surface area contributed by atoms with Crippen molar-refractivity contribution in [3.63, 3.8) is 0 Å². The second-order valence-corrected chi connectivity index (χ2v) is 8.45. The van der Waals surface area contributed by atoms with Crippen molar-refractivity contribution in [1.29, 1.82) is 0 Å². The van der Waals surface area contributed by atoms with Crippen LogP contribution in [0.3, 0.4) is 0 Å². The summed E-state index contributed by atoms with van der Waals surface area (Å²) in [4.78, 5) is 11.1. The van der Waals surface area contributed by atoms with Crippen LogP contribution in [0.25, 0.3) is 10.8 Å². The fourth-order valence-electron chi connectivity index (χ4n) is 5.42. The number of carboxylic acids is 1. The molecule has 2 aliphatic rings. The molecule has 0 amide bonds. The molecule has 4 unspecified atom stereocenters. The quantitative estimate of drug-likeness (QED) is 0.665. The number of fused-ring (bicyclic) bond motifs is 2. The van der Waals surface area contributed by atoms with Crippen molar-refractivity contribution in [1.82, 2.24) is 0 Å². The van der Waals surface area contributed by atoms with Gasteiger partial charge in [0.05, 0.1) is 5.56 Å². The van der Waals surface area contributed by atoms with E-state index in [4.69, 9.17) is 5.11 Å². The number of halogens is 2. The number of carbonyl (C=O) groups is 1. The van der Waals surface area contributed by atoms with Crippen LogP contribution >= 0.6 is 0 Å². The van der Waals surface area contributed by atoms with E-state index in [0.29, 0.717) is 16.9 Å². The molecule has 4 rings (SSSR count). The van der Waals surface area contributed by atoms with E-state index >= 15 is 0 Å². The third kappa shape index (κ3) is 3.35. The molecule has 0 spiro atoms. The number of rotatable bonds is 3. The minimum absolute atomic E-state index is 0.0262. The summed E-state index contributed by atoms with van der Waals surface area (Å²) in [5, 5.41) is 9.72. The first kappa shape index (κ1) is 18.4. The summed E-state index contributed by atoms with van der Waals surface area (Å²) in [5.74, 6) is -0.589. The van der Waals surface area contributed by atoms with E-state index < -0.39 is 17.6 Å². The fourth-order valence-corrected chi connectivity index (χ4v) is 5.42. The first-order valence-electron chi connectivity index (χ1n) is 10.1. The molecule has 2 saturated carbocycles. The number of carboxylic acid groups (broad SMARTS) is 1. The molecule has 27 heavy (non-hydrogen) atoms. The van der Waals surface area contributed by atoms with Gasteiger partial charge in [-0.15, -0.1) is 0 Å². The molecule has 2 aromatic carbocycles. The summed E-state index contributed by atoms with van der Waals surface area (Å²) in [6, 6.07) is 6.00. The van der Waals surface area contributed by atoms with Gasteiger partial charge >= 0.3 is 5.97 Å². The molecule has 2 aliphatic carbocycles. The summed E-state index contributed by atoms with van der Waals surface area (Å²) in [6.45, 7) is 2.26. The molecule has 2 fully saturated rings. The van der Waals surface area contributed by atoms with Gasteiger partial charge in [-0.25, -0.2) is 13.6 Å². The molecule has 0 aromatic heterocycles. The van der Waals surface area contributed by atoms with Crippen molar-refractivity contribution in [3.05, 3.63) is 47.0 Å². The van der Waals surface area contributed by atoms with E-state index in [9.17, 15) is 13.6 Å². The Balaban J connectivity index is 1.63. The van der Waals surface area contributed by atoms with E-state index in [-0.39, 0.29) is 16.9 Å². The minimum atomic E-state index is -1.14. The third-order valence-corrected chi connectivity index (χ3v) is 7.03. The third-order valence-electron chi connectivity index (χ3n) is 7.03. The van der Waals surface area contributed by atoms with Crippen LogP contribution in [0.2, 0.25) is 0 Å². The van der Waals surface area contributed by atoms with Crippen molar-refractivity contribution in [3.8, 4) is 0 Å². The number of hydrogen-bond donors (Lipinski definition) is 1. The van der Waals surface area contributed by atoms with Crippen LogP contribution in [0, 0.1) is 29.4 Å². The van der Waals surface area contributed by atoms with Crippen molar-refractivity contribution >= 4 is 16.7 Å². The zero-order chi connectivity index (χ0) is 19.1. The molecule has 144 valence electrons. The van der Waals surface area contributed by atoms with Crippen molar-refractivity contribution in [2.45, 2.75) is 57.8 Å². The lowest BCUT2D eigenvalue weighted by Crippen LogP contribution is -2.30. The van der Waals surface area contributed by atoms with Crippen LogP contribution in [0.15, 0.2) is 24.3 Å². The molecular formula is C23H26F2O2. The maximum Gasteiger partial charge on any atom is 0.335 e.